The molecular weight excluding hydrogens is 386 g/mol. The van der Waals surface area contributed by atoms with E-state index < -0.39 is 0 Å². The quantitative estimate of drug-likeness (QED) is 0.618. The van der Waals surface area contributed by atoms with Crippen LogP contribution in [-0.2, 0) is 10.5 Å². The second-order valence-corrected chi connectivity index (χ2v) is 8.06. The first-order valence-electron chi connectivity index (χ1n) is 9.65. The molecule has 1 amide bonds. The normalized spacial score (nSPS) is 14.7. The Balaban J connectivity index is 1.30. The van der Waals surface area contributed by atoms with Gasteiger partial charge in [0.05, 0.1) is 12.4 Å². The molecule has 0 radical (unpaired) electrons. The number of thioether (sulfide) groups is 1. The van der Waals surface area contributed by atoms with Crippen LogP contribution in [0.5, 0.6) is 0 Å². The summed E-state index contributed by atoms with van der Waals surface area (Å²) in [5, 5.41) is 7.57. The Bertz CT molecular complexity index is 954. The molecule has 8 heteroatoms. The Hall–Kier alpha value is -2.87. The van der Waals surface area contributed by atoms with Gasteiger partial charge in [-0.05, 0) is 25.3 Å². The molecule has 0 spiro atoms. The lowest BCUT2D eigenvalue weighted by atomic mass is 9.96. The van der Waals surface area contributed by atoms with E-state index in [9.17, 15) is 4.79 Å². The number of piperidine rings is 1. The van der Waals surface area contributed by atoms with Gasteiger partial charge in [-0.1, -0.05) is 35.5 Å². The first-order chi connectivity index (χ1) is 14.2. The van der Waals surface area contributed by atoms with Crippen molar-refractivity contribution in [3.05, 3.63) is 60.1 Å². The molecule has 1 N–H and O–H groups in total. The van der Waals surface area contributed by atoms with Crippen molar-refractivity contribution in [3.63, 3.8) is 0 Å². The maximum Gasteiger partial charge on any atom is 0.228 e. The molecule has 0 unspecified atom stereocenters. The highest BCUT2D eigenvalue weighted by Crippen LogP contribution is 2.26. The highest BCUT2D eigenvalue weighted by Gasteiger charge is 2.26. The number of aryl methyl sites for hydroxylation is 1. The van der Waals surface area contributed by atoms with Crippen molar-refractivity contribution >= 4 is 29.3 Å². The Kier molecular flexibility index (Phi) is 6.09. The zero-order valence-electron chi connectivity index (χ0n) is 16.2. The van der Waals surface area contributed by atoms with Crippen molar-refractivity contribution in [3.8, 4) is 0 Å². The first kappa shape index (κ1) is 19.4. The molecule has 150 valence electrons. The minimum atomic E-state index is -0.0353. The number of rotatable bonds is 6. The Morgan fingerprint density at radius 2 is 2.03 bits per heavy atom. The number of nitrogens with one attached hydrogen (secondary N) is 1. The SMILES string of the molecule is Cc1cc(NC(=O)C2CCN(c3cncc(SCc4ccccc4)n3)CC2)no1. The fraction of sp³-hybridized carbons (Fsp3) is 0.333. The predicted molar refractivity (Wildman–Crippen MR) is 113 cm³/mol. The van der Waals surface area contributed by atoms with Gasteiger partial charge >= 0.3 is 0 Å². The average Bonchev–Trinajstić information content (AvgIpc) is 3.18. The molecule has 4 rings (SSSR count). The van der Waals surface area contributed by atoms with Gasteiger partial charge in [-0.3, -0.25) is 9.78 Å². The van der Waals surface area contributed by atoms with Crippen LogP contribution in [0.15, 0.2) is 58.3 Å². The average molecular weight is 410 g/mol. The summed E-state index contributed by atoms with van der Waals surface area (Å²) >= 11 is 1.68. The molecule has 29 heavy (non-hydrogen) atoms. The van der Waals surface area contributed by atoms with Gasteiger partial charge in [0, 0.05) is 30.8 Å². The van der Waals surface area contributed by atoms with Gasteiger partial charge < -0.3 is 14.7 Å². The van der Waals surface area contributed by atoms with Gasteiger partial charge in [-0.2, -0.15) is 0 Å². The third kappa shape index (κ3) is 5.14. The highest BCUT2D eigenvalue weighted by atomic mass is 32.2. The lowest BCUT2D eigenvalue weighted by Gasteiger charge is -2.31. The summed E-state index contributed by atoms with van der Waals surface area (Å²) in [5.74, 6) is 2.85. The van der Waals surface area contributed by atoms with E-state index in [-0.39, 0.29) is 11.8 Å². The summed E-state index contributed by atoms with van der Waals surface area (Å²) in [6.07, 6.45) is 5.14. The van der Waals surface area contributed by atoms with Gasteiger partial charge in [-0.25, -0.2) is 4.98 Å². The van der Waals surface area contributed by atoms with Gasteiger partial charge in [0.2, 0.25) is 5.91 Å². The van der Waals surface area contributed by atoms with Crippen LogP contribution in [0.2, 0.25) is 0 Å². The number of anilines is 2. The number of hydrogen-bond acceptors (Lipinski definition) is 7. The maximum atomic E-state index is 12.5. The minimum absolute atomic E-state index is 0.00352. The minimum Gasteiger partial charge on any atom is -0.360 e. The van der Waals surface area contributed by atoms with Crippen LogP contribution in [-0.4, -0.2) is 34.1 Å². The molecule has 3 aromatic rings. The van der Waals surface area contributed by atoms with Crippen molar-refractivity contribution in [1.82, 2.24) is 15.1 Å². The number of benzene rings is 1. The van der Waals surface area contributed by atoms with Crippen LogP contribution < -0.4 is 10.2 Å². The van der Waals surface area contributed by atoms with Crippen molar-refractivity contribution in [2.45, 2.75) is 30.5 Å². The van der Waals surface area contributed by atoms with Crippen molar-refractivity contribution in [2.24, 2.45) is 5.92 Å². The number of carbonyl (C=O) groups is 1. The number of nitrogens with zero attached hydrogens (tertiary/aromatic N) is 4. The molecule has 3 heterocycles. The van der Waals surface area contributed by atoms with Crippen LogP contribution in [0.1, 0.15) is 24.2 Å². The second-order valence-electron chi connectivity index (χ2n) is 7.06. The molecule has 0 saturated carbocycles. The first-order valence-corrected chi connectivity index (χ1v) is 10.6. The molecular formula is C21H23N5O2S. The molecule has 1 aromatic carbocycles. The van der Waals surface area contributed by atoms with E-state index in [0.717, 1.165) is 42.5 Å². The smallest absolute Gasteiger partial charge is 0.228 e. The van der Waals surface area contributed by atoms with Crippen LogP contribution in [0.4, 0.5) is 11.6 Å². The van der Waals surface area contributed by atoms with E-state index in [1.54, 1.807) is 37.1 Å². The van der Waals surface area contributed by atoms with Gasteiger partial charge in [0.15, 0.2) is 5.82 Å². The summed E-state index contributed by atoms with van der Waals surface area (Å²) in [4.78, 5) is 23.8. The van der Waals surface area contributed by atoms with Crippen molar-refractivity contribution in [1.29, 1.82) is 0 Å². The third-order valence-electron chi connectivity index (χ3n) is 4.90. The van der Waals surface area contributed by atoms with E-state index >= 15 is 0 Å². The van der Waals surface area contributed by atoms with Gasteiger partial charge in [0.25, 0.3) is 0 Å². The topological polar surface area (TPSA) is 84.2 Å². The van der Waals surface area contributed by atoms with Crippen molar-refractivity contribution in [2.75, 3.05) is 23.3 Å². The summed E-state index contributed by atoms with van der Waals surface area (Å²) in [7, 11) is 0. The number of aromatic nitrogens is 3. The summed E-state index contributed by atoms with van der Waals surface area (Å²) in [6.45, 7) is 3.35. The maximum absolute atomic E-state index is 12.5. The standard InChI is InChI=1S/C21H23N5O2S/c1-15-11-18(25-28-15)23-21(27)17-7-9-26(10-8-17)19-12-22-13-20(24-19)29-14-16-5-3-2-4-6-16/h2-6,11-13,17H,7-10,14H2,1H3,(H,23,25,27). The summed E-state index contributed by atoms with van der Waals surface area (Å²) in [6, 6.07) is 12.1. The molecule has 2 aromatic heterocycles. The number of amides is 1. The third-order valence-corrected chi connectivity index (χ3v) is 5.87. The molecule has 0 atom stereocenters. The molecule has 0 bridgehead atoms. The second kappa shape index (κ2) is 9.09. The van der Waals surface area contributed by atoms with E-state index in [1.165, 1.54) is 5.56 Å². The Morgan fingerprint density at radius 1 is 1.24 bits per heavy atom. The van der Waals surface area contributed by atoms with Crippen LogP contribution in [0.25, 0.3) is 0 Å². The van der Waals surface area contributed by atoms with E-state index in [0.29, 0.717) is 11.6 Å². The van der Waals surface area contributed by atoms with Gasteiger partial charge in [0.1, 0.15) is 16.6 Å². The zero-order chi connectivity index (χ0) is 20.1. The summed E-state index contributed by atoms with van der Waals surface area (Å²) < 4.78 is 5.00. The number of carbonyl (C=O) groups excluding carboxylic acids is 1. The lowest BCUT2D eigenvalue weighted by molar-refractivity contribution is -0.120. The highest BCUT2D eigenvalue weighted by molar-refractivity contribution is 7.98. The molecule has 7 nitrogen and oxygen atoms in total. The fourth-order valence-corrected chi connectivity index (χ4v) is 4.12. The van der Waals surface area contributed by atoms with Crippen LogP contribution in [0.3, 0.4) is 0 Å². The lowest BCUT2D eigenvalue weighted by Crippen LogP contribution is -2.38. The monoisotopic (exact) mass is 409 g/mol. The largest absolute Gasteiger partial charge is 0.360 e. The van der Waals surface area contributed by atoms with Crippen LogP contribution in [0, 0.1) is 12.8 Å². The molecule has 1 fully saturated rings. The van der Waals surface area contributed by atoms with E-state index in [4.69, 9.17) is 9.51 Å². The molecule has 1 aliphatic heterocycles. The van der Waals surface area contributed by atoms with E-state index in [2.05, 4.69) is 32.5 Å². The Labute approximate surface area is 173 Å². The number of hydrogen-bond donors (Lipinski definition) is 1. The molecule has 1 saturated heterocycles. The Morgan fingerprint density at radius 3 is 2.76 bits per heavy atom. The van der Waals surface area contributed by atoms with Crippen LogP contribution >= 0.6 is 11.8 Å². The fourth-order valence-electron chi connectivity index (χ4n) is 3.32. The predicted octanol–water partition coefficient (Wildman–Crippen LogP) is 3.92. The molecule has 1 aliphatic rings. The molecule has 0 aliphatic carbocycles. The van der Waals surface area contributed by atoms with E-state index in [1.807, 2.05) is 18.2 Å². The summed E-state index contributed by atoms with van der Waals surface area (Å²) in [5.41, 5.74) is 1.26. The van der Waals surface area contributed by atoms with Gasteiger partial charge in [-0.15, -0.1) is 11.8 Å². The van der Waals surface area contributed by atoms with Crippen molar-refractivity contribution < 1.29 is 9.32 Å². The zero-order valence-corrected chi connectivity index (χ0v) is 17.1.